The molecule has 0 aromatic carbocycles. The minimum absolute atomic E-state index is 0.0624. The Morgan fingerprint density at radius 2 is 2.25 bits per heavy atom. The normalized spacial score (nSPS) is 10.5. The Labute approximate surface area is 120 Å². The highest BCUT2D eigenvalue weighted by Gasteiger charge is 2.11. The van der Waals surface area contributed by atoms with Crippen molar-refractivity contribution in [2.45, 2.75) is 36.9 Å². The first-order valence-electron chi connectivity index (χ1n) is 6.34. The zero-order chi connectivity index (χ0) is 14.5. The van der Waals surface area contributed by atoms with E-state index in [1.54, 1.807) is 18.3 Å². The van der Waals surface area contributed by atoms with Crippen LogP contribution < -0.4 is 5.56 Å². The molecule has 0 atom stereocenters. The molecule has 0 aliphatic heterocycles. The predicted octanol–water partition coefficient (Wildman–Crippen LogP) is 2.47. The largest absolute Gasteiger partial charge is 0.301 e. The molecule has 0 radical (unpaired) electrons. The minimum atomic E-state index is -0.189. The van der Waals surface area contributed by atoms with Gasteiger partial charge in [-0.15, -0.1) is 0 Å². The van der Waals surface area contributed by atoms with Crippen LogP contribution in [-0.2, 0) is 6.42 Å². The van der Waals surface area contributed by atoms with Gasteiger partial charge in [-0.05, 0) is 37.2 Å². The summed E-state index contributed by atoms with van der Waals surface area (Å²) in [5.74, 6) is -0.0624. The van der Waals surface area contributed by atoms with E-state index in [2.05, 4.69) is 15.0 Å². The van der Waals surface area contributed by atoms with Gasteiger partial charge in [0.25, 0.3) is 5.56 Å². The number of ketones is 1. The van der Waals surface area contributed by atoms with E-state index in [0.717, 1.165) is 18.5 Å². The number of nitrogens with zero attached hydrogens (tertiary/aromatic N) is 2. The lowest BCUT2D eigenvalue weighted by Crippen LogP contribution is -2.10. The van der Waals surface area contributed by atoms with E-state index in [1.807, 2.05) is 6.92 Å². The quantitative estimate of drug-likeness (QED) is 0.676. The molecule has 2 aromatic rings. The van der Waals surface area contributed by atoms with Crippen LogP contribution in [0.4, 0.5) is 0 Å². The second-order valence-corrected chi connectivity index (χ2v) is 5.28. The van der Waals surface area contributed by atoms with E-state index in [4.69, 9.17) is 0 Å². The standard InChI is InChI=1S/C14H15N3O2S/c1-3-5-10-8-12(19)17-14(16-10)20-13-11(9(2)18)6-4-7-15-13/h4,6-8H,3,5H2,1-2H3,(H,16,17,19). The average Bonchev–Trinajstić information content (AvgIpc) is 2.38. The molecule has 5 nitrogen and oxygen atoms in total. The Morgan fingerprint density at radius 1 is 1.45 bits per heavy atom. The molecule has 0 bridgehead atoms. The first kappa shape index (κ1) is 14.5. The molecule has 0 saturated carbocycles. The van der Waals surface area contributed by atoms with E-state index in [0.29, 0.717) is 15.7 Å². The van der Waals surface area contributed by atoms with Crippen LogP contribution in [0.25, 0.3) is 0 Å². The van der Waals surface area contributed by atoms with Crippen LogP contribution in [0.15, 0.2) is 39.4 Å². The summed E-state index contributed by atoms with van der Waals surface area (Å²) in [5.41, 5.74) is 1.09. The number of carbonyl (C=O) groups excluding carboxylic acids is 1. The molecule has 0 spiro atoms. The number of H-pyrrole nitrogens is 1. The molecule has 20 heavy (non-hydrogen) atoms. The number of carbonyl (C=O) groups is 1. The van der Waals surface area contributed by atoms with Gasteiger partial charge in [-0.3, -0.25) is 9.59 Å². The smallest absolute Gasteiger partial charge is 0.251 e. The van der Waals surface area contributed by atoms with Gasteiger partial charge in [-0.2, -0.15) is 0 Å². The summed E-state index contributed by atoms with van der Waals surface area (Å²) >= 11 is 1.20. The number of hydrogen-bond acceptors (Lipinski definition) is 5. The molecule has 2 rings (SSSR count). The summed E-state index contributed by atoms with van der Waals surface area (Å²) in [6.07, 6.45) is 3.28. The van der Waals surface area contributed by atoms with Crippen molar-refractivity contribution in [1.29, 1.82) is 0 Å². The topological polar surface area (TPSA) is 75.7 Å². The van der Waals surface area contributed by atoms with Crippen molar-refractivity contribution in [1.82, 2.24) is 15.0 Å². The fourth-order valence-corrected chi connectivity index (χ4v) is 2.68. The average molecular weight is 289 g/mol. The molecular weight excluding hydrogens is 274 g/mol. The number of rotatable bonds is 5. The van der Waals surface area contributed by atoms with Crippen LogP contribution >= 0.6 is 11.8 Å². The van der Waals surface area contributed by atoms with Crippen molar-refractivity contribution in [3.8, 4) is 0 Å². The Bertz CT molecular complexity index is 682. The third kappa shape index (κ3) is 3.54. The van der Waals surface area contributed by atoms with Gasteiger partial charge in [0.15, 0.2) is 10.9 Å². The molecule has 1 N–H and O–H groups in total. The van der Waals surface area contributed by atoms with Gasteiger partial charge >= 0.3 is 0 Å². The van der Waals surface area contributed by atoms with Crippen LogP contribution in [0.2, 0.25) is 0 Å². The van der Waals surface area contributed by atoms with Crippen LogP contribution in [-0.4, -0.2) is 20.7 Å². The number of aromatic amines is 1. The van der Waals surface area contributed by atoms with Gasteiger partial charge in [0.05, 0.1) is 0 Å². The van der Waals surface area contributed by atoms with E-state index in [1.165, 1.54) is 24.8 Å². The zero-order valence-electron chi connectivity index (χ0n) is 11.3. The minimum Gasteiger partial charge on any atom is -0.301 e. The number of Topliss-reactive ketones (excluding diaryl/α,β-unsaturated/α-hetero) is 1. The van der Waals surface area contributed by atoms with Crippen LogP contribution in [0.3, 0.4) is 0 Å². The molecule has 0 amide bonds. The van der Waals surface area contributed by atoms with Gasteiger partial charge < -0.3 is 4.98 Å². The second kappa shape index (κ2) is 6.47. The van der Waals surface area contributed by atoms with Gasteiger partial charge in [0, 0.05) is 23.5 Å². The lowest BCUT2D eigenvalue weighted by Gasteiger charge is -2.05. The molecule has 2 heterocycles. The fraction of sp³-hybridized carbons (Fsp3) is 0.286. The van der Waals surface area contributed by atoms with Crippen molar-refractivity contribution >= 4 is 17.5 Å². The van der Waals surface area contributed by atoms with Crippen molar-refractivity contribution in [3.63, 3.8) is 0 Å². The highest BCUT2D eigenvalue weighted by molar-refractivity contribution is 7.99. The molecule has 0 aliphatic carbocycles. The number of nitrogens with one attached hydrogen (secondary N) is 1. The van der Waals surface area contributed by atoms with E-state index >= 15 is 0 Å². The Hall–Kier alpha value is -1.95. The first-order chi connectivity index (χ1) is 9.60. The lowest BCUT2D eigenvalue weighted by molar-refractivity contribution is 0.101. The van der Waals surface area contributed by atoms with Crippen LogP contribution in [0.5, 0.6) is 0 Å². The highest BCUT2D eigenvalue weighted by atomic mass is 32.2. The van der Waals surface area contributed by atoms with Gasteiger partial charge in [0.1, 0.15) is 5.03 Å². The van der Waals surface area contributed by atoms with Crippen molar-refractivity contribution in [3.05, 3.63) is 46.0 Å². The summed E-state index contributed by atoms with van der Waals surface area (Å²) in [6, 6.07) is 4.92. The van der Waals surface area contributed by atoms with E-state index < -0.39 is 0 Å². The SMILES string of the molecule is CCCc1cc(=O)[nH]c(Sc2ncccc2C(C)=O)n1. The third-order valence-corrected chi connectivity index (χ3v) is 3.53. The summed E-state index contributed by atoms with van der Waals surface area (Å²) in [6.45, 7) is 3.52. The maximum absolute atomic E-state index is 11.6. The van der Waals surface area contributed by atoms with Crippen LogP contribution in [0, 0.1) is 0 Å². The van der Waals surface area contributed by atoms with Crippen molar-refractivity contribution in [2.75, 3.05) is 0 Å². The second-order valence-electron chi connectivity index (χ2n) is 4.31. The van der Waals surface area contributed by atoms with E-state index in [9.17, 15) is 9.59 Å². The number of hydrogen-bond donors (Lipinski definition) is 1. The number of aromatic nitrogens is 3. The highest BCUT2D eigenvalue weighted by Crippen LogP contribution is 2.25. The molecule has 0 aliphatic rings. The molecule has 0 unspecified atom stereocenters. The van der Waals surface area contributed by atoms with Crippen molar-refractivity contribution < 1.29 is 4.79 Å². The van der Waals surface area contributed by atoms with Gasteiger partial charge in [-0.25, -0.2) is 9.97 Å². The van der Waals surface area contributed by atoms with Gasteiger partial charge in [-0.1, -0.05) is 13.3 Å². The first-order valence-corrected chi connectivity index (χ1v) is 7.16. The fourth-order valence-electron chi connectivity index (χ4n) is 1.75. The zero-order valence-corrected chi connectivity index (χ0v) is 12.2. The third-order valence-electron chi connectivity index (χ3n) is 2.62. The van der Waals surface area contributed by atoms with Crippen molar-refractivity contribution in [2.24, 2.45) is 0 Å². The van der Waals surface area contributed by atoms with Gasteiger partial charge in [0.2, 0.25) is 0 Å². The lowest BCUT2D eigenvalue weighted by atomic mass is 10.2. The summed E-state index contributed by atoms with van der Waals surface area (Å²) in [4.78, 5) is 34.4. The monoisotopic (exact) mass is 289 g/mol. The Kier molecular flexibility index (Phi) is 4.68. The summed E-state index contributed by atoms with van der Waals surface area (Å²) in [7, 11) is 0. The Morgan fingerprint density at radius 3 is 2.95 bits per heavy atom. The molecule has 0 saturated heterocycles. The molecule has 6 heteroatoms. The molecule has 104 valence electrons. The maximum atomic E-state index is 11.6. The molecule has 0 fully saturated rings. The number of pyridine rings is 1. The summed E-state index contributed by atoms with van der Waals surface area (Å²) in [5, 5.41) is 1.01. The van der Waals surface area contributed by atoms with E-state index in [-0.39, 0.29) is 11.3 Å². The predicted molar refractivity (Wildman–Crippen MR) is 77.2 cm³/mol. The Balaban J connectivity index is 2.35. The molecular formula is C14H15N3O2S. The summed E-state index contributed by atoms with van der Waals surface area (Å²) < 4.78 is 0. The maximum Gasteiger partial charge on any atom is 0.251 e. The van der Waals surface area contributed by atoms with Crippen LogP contribution in [0.1, 0.15) is 36.3 Å². The molecule has 2 aromatic heterocycles. The number of aryl methyl sites for hydroxylation is 1.